The highest BCUT2D eigenvalue weighted by Crippen LogP contribution is 2.30. The lowest BCUT2D eigenvalue weighted by Gasteiger charge is -2.32. The first kappa shape index (κ1) is 19.1. The van der Waals surface area contributed by atoms with Crippen molar-refractivity contribution in [3.05, 3.63) is 34.4 Å². The number of piperidine rings is 1. The summed E-state index contributed by atoms with van der Waals surface area (Å²) in [5, 5.41) is 11.8. The Bertz CT molecular complexity index is 860. The Hall–Kier alpha value is -1.67. The summed E-state index contributed by atoms with van der Waals surface area (Å²) in [7, 11) is -2.98. The molecule has 2 aromatic heterocycles. The van der Waals surface area contributed by atoms with Gasteiger partial charge in [0.25, 0.3) is 0 Å². The predicted octanol–water partition coefficient (Wildman–Crippen LogP) is 1.96. The van der Waals surface area contributed by atoms with Crippen LogP contribution in [-0.2, 0) is 22.9 Å². The van der Waals surface area contributed by atoms with E-state index in [0.29, 0.717) is 12.5 Å². The van der Waals surface area contributed by atoms with Crippen LogP contribution in [0.1, 0.15) is 47.0 Å². The Balaban J connectivity index is 1.61. The molecule has 0 aliphatic carbocycles. The van der Waals surface area contributed by atoms with Crippen LogP contribution in [0.3, 0.4) is 0 Å². The fourth-order valence-corrected chi connectivity index (χ4v) is 4.33. The van der Waals surface area contributed by atoms with Crippen LogP contribution in [0.5, 0.6) is 0 Å². The molecule has 0 atom stereocenters. The molecule has 0 aromatic carbocycles. The molecule has 3 heterocycles. The van der Waals surface area contributed by atoms with Gasteiger partial charge in [-0.1, -0.05) is 0 Å². The van der Waals surface area contributed by atoms with Crippen molar-refractivity contribution >= 4 is 9.84 Å². The van der Waals surface area contributed by atoms with E-state index in [1.54, 1.807) is 0 Å². The predicted molar refractivity (Wildman–Crippen MR) is 102 cm³/mol. The van der Waals surface area contributed by atoms with Crippen molar-refractivity contribution in [2.45, 2.75) is 52.6 Å². The van der Waals surface area contributed by atoms with Gasteiger partial charge >= 0.3 is 0 Å². The smallest absolute Gasteiger partial charge is 0.149 e. The lowest BCUT2D eigenvalue weighted by Crippen LogP contribution is -2.32. The molecule has 0 saturated carbocycles. The molecule has 8 heteroatoms. The van der Waals surface area contributed by atoms with Gasteiger partial charge in [0.05, 0.1) is 24.2 Å². The summed E-state index contributed by atoms with van der Waals surface area (Å²) in [4.78, 5) is 2.48. The summed E-state index contributed by atoms with van der Waals surface area (Å²) in [5.74, 6) is 0.716. The number of rotatable bonds is 6. The molecule has 1 saturated heterocycles. The number of hydrogen-bond acceptors (Lipinski definition) is 5. The SMILES string of the molecule is Cc1nn(CCS(C)(=O)=O)c(C)c1CN1CCC(c2cn[nH]c2C)CC1. The maximum atomic E-state index is 11.4. The highest BCUT2D eigenvalue weighted by atomic mass is 32.2. The van der Waals surface area contributed by atoms with Crippen LogP contribution in [0.4, 0.5) is 0 Å². The quantitative estimate of drug-likeness (QED) is 0.829. The average molecular weight is 380 g/mol. The molecule has 0 bridgehead atoms. The van der Waals surface area contributed by atoms with Crippen molar-refractivity contribution in [1.29, 1.82) is 0 Å². The average Bonchev–Trinajstić information content (AvgIpc) is 3.11. The Morgan fingerprint density at radius 3 is 2.50 bits per heavy atom. The van der Waals surface area contributed by atoms with E-state index >= 15 is 0 Å². The van der Waals surface area contributed by atoms with Gasteiger partial charge in [-0.15, -0.1) is 0 Å². The summed E-state index contributed by atoms with van der Waals surface area (Å²) in [5.41, 5.74) is 5.85. The zero-order valence-corrected chi connectivity index (χ0v) is 16.9. The molecule has 0 spiro atoms. The first-order chi connectivity index (χ1) is 12.2. The summed E-state index contributed by atoms with van der Waals surface area (Å²) in [6, 6.07) is 0. The van der Waals surface area contributed by atoms with Gasteiger partial charge in [-0.05, 0) is 58.2 Å². The Labute approximate surface area is 155 Å². The number of likely N-dealkylation sites (tertiary alicyclic amines) is 1. The third-order valence-corrected chi connectivity index (χ3v) is 6.41. The van der Waals surface area contributed by atoms with Crippen LogP contribution >= 0.6 is 0 Å². The zero-order chi connectivity index (χ0) is 18.9. The van der Waals surface area contributed by atoms with Gasteiger partial charge in [-0.3, -0.25) is 14.7 Å². The lowest BCUT2D eigenvalue weighted by atomic mass is 9.89. The van der Waals surface area contributed by atoms with Crippen LogP contribution in [-0.4, -0.2) is 58.4 Å². The molecule has 0 amide bonds. The fraction of sp³-hybridized carbons (Fsp3) is 0.667. The van der Waals surface area contributed by atoms with E-state index in [9.17, 15) is 8.42 Å². The molecule has 144 valence electrons. The van der Waals surface area contributed by atoms with E-state index in [1.807, 2.05) is 24.7 Å². The molecular formula is C18H29N5O2S. The second-order valence-electron chi connectivity index (χ2n) is 7.50. The minimum Gasteiger partial charge on any atom is -0.299 e. The first-order valence-corrected chi connectivity index (χ1v) is 11.2. The summed E-state index contributed by atoms with van der Waals surface area (Å²) < 4.78 is 24.7. The van der Waals surface area contributed by atoms with E-state index < -0.39 is 9.84 Å². The van der Waals surface area contributed by atoms with Crippen LogP contribution in [0.25, 0.3) is 0 Å². The third kappa shape index (κ3) is 4.35. The molecule has 1 aliphatic heterocycles. The number of aromatic nitrogens is 4. The minimum absolute atomic E-state index is 0.129. The van der Waals surface area contributed by atoms with Crippen molar-refractivity contribution in [1.82, 2.24) is 24.9 Å². The van der Waals surface area contributed by atoms with E-state index in [2.05, 4.69) is 27.1 Å². The Morgan fingerprint density at radius 2 is 1.92 bits per heavy atom. The van der Waals surface area contributed by atoms with Gasteiger partial charge in [0.15, 0.2) is 0 Å². The minimum atomic E-state index is -2.98. The Kier molecular flexibility index (Phi) is 5.53. The number of nitrogens with one attached hydrogen (secondary N) is 1. The number of sulfone groups is 1. The van der Waals surface area contributed by atoms with E-state index in [0.717, 1.165) is 43.9 Å². The number of aromatic amines is 1. The zero-order valence-electron chi connectivity index (χ0n) is 16.1. The largest absolute Gasteiger partial charge is 0.299 e. The summed E-state index contributed by atoms with van der Waals surface area (Å²) >= 11 is 0. The highest BCUT2D eigenvalue weighted by Gasteiger charge is 2.24. The maximum absolute atomic E-state index is 11.4. The van der Waals surface area contributed by atoms with E-state index in [1.165, 1.54) is 23.1 Å². The Morgan fingerprint density at radius 1 is 1.23 bits per heavy atom. The summed E-state index contributed by atoms with van der Waals surface area (Å²) in [6.45, 7) is 9.57. The standard InChI is InChI=1S/C18H29N5O2S/c1-13-17(11-19-20-13)16-5-7-22(8-6-16)12-18-14(2)21-23(15(18)3)9-10-26(4,24)25/h11,16H,5-10,12H2,1-4H3,(H,19,20). The van der Waals surface area contributed by atoms with Gasteiger partial charge < -0.3 is 0 Å². The third-order valence-electron chi connectivity index (χ3n) is 5.48. The van der Waals surface area contributed by atoms with Gasteiger partial charge in [0.2, 0.25) is 0 Å². The molecule has 0 unspecified atom stereocenters. The first-order valence-electron chi connectivity index (χ1n) is 9.17. The number of nitrogens with zero attached hydrogens (tertiary/aromatic N) is 4. The fourth-order valence-electron chi connectivity index (χ4n) is 3.83. The topological polar surface area (TPSA) is 83.9 Å². The summed E-state index contributed by atoms with van der Waals surface area (Å²) in [6.07, 6.45) is 5.52. The van der Waals surface area contributed by atoms with Crippen molar-refractivity contribution < 1.29 is 8.42 Å². The molecular weight excluding hydrogens is 350 g/mol. The van der Waals surface area contributed by atoms with Crippen LogP contribution < -0.4 is 0 Å². The maximum Gasteiger partial charge on any atom is 0.149 e. The number of hydrogen-bond donors (Lipinski definition) is 1. The molecule has 2 aromatic rings. The van der Waals surface area contributed by atoms with Gasteiger partial charge in [0, 0.05) is 29.8 Å². The van der Waals surface area contributed by atoms with Gasteiger partial charge in [-0.2, -0.15) is 10.2 Å². The second kappa shape index (κ2) is 7.52. The lowest BCUT2D eigenvalue weighted by molar-refractivity contribution is 0.203. The highest BCUT2D eigenvalue weighted by molar-refractivity contribution is 7.90. The molecule has 7 nitrogen and oxygen atoms in total. The monoisotopic (exact) mass is 379 g/mol. The van der Waals surface area contributed by atoms with Crippen molar-refractivity contribution in [2.24, 2.45) is 0 Å². The second-order valence-corrected chi connectivity index (χ2v) is 9.76. The molecule has 26 heavy (non-hydrogen) atoms. The normalized spacial score (nSPS) is 17.1. The van der Waals surface area contributed by atoms with E-state index in [-0.39, 0.29) is 5.75 Å². The molecule has 0 radical (unpaired) electrons. The van der Waals surface area contributed by atoms with Crippen molar-refractivity contribution in [3.8, 4) is 0 Å². The molecule has 1 aliphatic rings. The molecule has 3 rings (SSSR count). The van der Waals surface area contributed by atoms with E-state index in [4.69, 9.17) is 0 Å². The molecule has 1 N–H and O–H groups in total. The van der Waals surface area contributed by atoms with Crippen LogP contribution in [0.15, 0.2) is 6.20 Å². The van der Waals surface area contributed by atoms with Crippen molar-refractivity contribution in [3.63, 3.8) is 0 Å². The van der Waals surface area contributed by atoms with Gasteiger partial charge in [-0.25, -0.2) is 8.42 Å². The van der Waals surface area contributed by atoms with Crippen molar-refractivity contribution in [2.75, 3.05) is 25.1 Å². The molecule has 1 fully saturated rings. The van der Waals surface area contributed by atoms with Crippen LogP contribution in [0.2, 0.25) is 0 Å². The number of aryl methyl sites for hydroxylation is 3. The van der Waals surface area contributed by atoms with Gasteiger partial charge in [0.1, 0.15) is 9.84 Å². The number of H-pyrrole nitrogens is 1. The van der Waals surface area contributed by atoms with Crippen LogP contribution in [0, 0.1) is 20.8 Å².